The van der Waals surface area contributed by atoms with Crippen molar-refractivity contribution in [3.63, 3.8) is 0 Å². The quantitative estimate of drug-likeness (QED) is 0.602. The van der Waals surface area contributed by atoms with Gasteiger partial charge in [-0.15, -0.1) is 0 Å². The van der Waals surface area contributed by atoms with Crippen LogP contribution in [0.3, 0.4) is 0 Å². The largest absolute Gasteiger partial charge is 0.306 e. The summed E-state index contributed by atoms with van der Waals surface area (Å²) in [5.74, 6) is 0. The fourth-order valence-corrected chi connectivity index (χ4v) is 0.853. The Kier molecular flexibility index (Phi) is 4.47. The predicted octanol–water partition coefficient (Wildman–Crippen LogP) is 0.404. The molecule has 1 unspecified atom stereocenters. The van der Waals surface area contributed by atoms with E-state index in [0.717, 1.165) is 0 Å². The van der Waals surface area contributed by atoms with Crippen molar-refractivity contribution in [2.45, 2.75) is 18.1 Å². The van der Waals surface area contributed by atoms with Crippen LogP contribution in [-0.4, -0.2) is 14.0 Å². The summed E-state index contributed by atoms with van der Waals surface area (Å²) in [7, 11) is 0. The van der Waals surface area contributed by atoms with E-state index in [1.165, 1.54) is 0 Å². The van der Waals surface area contributed by atoms with Crippen LogP contribution in [0.15, 0.2) is 0 Å². The maximum atomic E-state index is 10.3. The van der Waals surface area contributed by atoms with Crippen molar-refractivity contribution in [1.29, 1.82) is 10.5 Å². The zero-order valence-corrected chi connectivity index (χ0v) is 5.97. The monoisotopic (exact) mass is 158 g/mol. The molecule has 54 valence electrons. The minimum atomic E-state index is -2.05. The maximum absolute atomic E-state index is 10.3. The molecule has 0 fully saturated rings. The molecule has 0 bridgehead atoms. The molecular weight excluding hydrogens is 152 g/mol. The molecular formula is C5H6N2O2S. The van der Waals surface area contributed by atoms with E-state index >= 15 is 0 Å². The van der Waals surface area contributed by atoms with Crippen LogP contribution in [0.5, 0.6) is 0 Å². The Morgan fingerprint density at radius 2 is 1.80 bits per heavy atom. The fourth-order valence-electron chi connectivity index (χ4n) is 0.418. The van der Waals surface area contributed by atoms with Crippen molar-refractivity contribution >= 4 is 11.1 Å². The van der Waals surface area contributed by atoms with E-state index < -0.39 is 16.3 Å². The highest BCUT2D eigenvalue weighted by Gasteiger charge is 2.13. The van der Waals surface area contributed by atoms with Crippen molar-refractivity contribution in [1.82, 2.24) is 0 Å². The smallest absolute Gasteiger partial charge is 0.158 e. The lowest BCUT2D eigenvalue weighted by Gasteiger charge is -2.00. The number of nitriles is 2. The maximum Gasteiger partial charge on any atom is 0.158 e. The molecule has 0 aliphatic carbocycles. The van der Waals surface area contributed by atoms with E-state index in [-0.39, 0.29) is 12.8 Å². The first kappa shape index (κ1) is 9.09. The predicted molar refractivity (Wildman–Crippen MR) is 35.0 cm³/mol. The lowest BCUT2D eigenvalue weighted by Crippen LogP contribution is -2.12. The molecule has 0 aromatic carbocycles. The fraction of sp³-hybridized carbons (Fsp3) is 0.600. The van der Waals surface area contributed by atoms with Gasteiger partial charge in [0.05, 0.1) is 30.2 Å². The topological polar surface area (TPSA) is 84.9 Å². The molecule has 0 aliphatic heterocycles. The summed E-state index contributed by atoms with van der Waals surface area (Å²) in [5, 5.41) is 15.5. The Bertz CT molecular complexity index is 187. The zero-order chi connectivity index (χ0) is 7.98. The van der Waals surface area contributed by atoms with Gasteiger partial charge < -0.3 is 4.55 Å². The van der Waals surface area contributed by atoms with Crippen LogP contribution in [0.2, 0.25) is 0 Å². The van der Waals surface area contributed by atoms with Crippen molar-refractivity contribution in [2.24, 2.45) is 0 Å². The van der Waals surface area contributed by atoms with Gasteiger partial charge in [-0.3, -0.25) is 0 Å². The van der Waals surface area contributed by atoms with Gasteiger partial charge in [0.25, 0.3) is 0 Å². The van der Waals surface area contributed by atoms with Crippen LogP contribution in [-0.2, 0) is 11.1 Å². The third-order valence-electron chi connectivity index (χ3n) is 0.923. The van der Waals surface area contributed by atoms with Crippen molar-refractivity contribution in [3.05, 3.63) is 0 Å². The molecule has 1 N–H and O–H groups in total. The first-order chi connectivity index (χ1) is 4.72. The zero-order valence-electron chi connectivity index (χ0n) is 5.15. The highest BCUT2D eigenvalue weighted by Crippen LogP contribution is 2.02. The van der Waals surface area contributed by atoms with Gasteiger partial charge >= 0.3 is 0 Å². The van der Waals surface area contributed by atoms with Crippen LogP contribution in [0.1, 0.15) is 12.8 Å². The average Bonchev–Trinajstić information content (AvgIpc) is 1.87. The number of hydrogen-bond donors (Lipinski definition) is 1. The summed E-state index contributed by atoms with van der Waals surface area (Å²) in [6.07, 6.45) is -0.0899. The van der Waals surface area contributed by atoms with Gasteiger partial charge in [-0.2, -0.15) is 10.5 Å². The summed E-state index contributed by atoms with van der Waals surface area (Å²) in [6.45, 7) is 0. The van der Waals surface area contributed by atoms with Gasteiger partial charge in [0.2, 0.25) is 0 Å². The van der Waals surface area contributed by atoms with Crippen LogP contribution >= 0.6 is 0 Å². The standard InChI is InChI=1S/C5H6N2O2S/c6-3-1-5(2-4-7)10(8)9/h5H,1-2H2,(H,8,9). The third kappa shape index (κ3) is 3.18. The molecule has 0 heterocycles. The van der Waals surface area contributed by atoms with Gasteiger partial charge in [0.1, 0.15) is 0 Å². The molecule has 0 saturated heterocycles. The van der Waals surface area contributed by atoms with Crippen molar-refractivity contribution < 1.29 is 8.76 Å². The van der Waals surface area contributed by atoms with E-state index in [2.05, 4.69) is 0 Å². The lowest BCUT2D eigenvalue weighted by molar-refractivity contribution is 0.548. The normalized spacial score (nSPS) is 12.0. The van der Waals surface area contributed by atoms with Gasteiger partial charge in [-0.05, 0) is 0 Å². The van der Waals surface area contributed by atoms with Gasteiger partial charge in [0, 0.05) is 0 Å². The number of hydrogen-bond acceptors (Lipinski definition) is 3. The Balaban J connectivity index is 3.90. The molecule has 0 radical (unpaired) electrons. The first-order valence-corrected chi connectivity index (χ1v) is 3.73. The van der Waals surface area contributed by atoms with E-state index in [1.54, 1.807) is 12.1 Å². The Hall–Kier alpha value is -0.910. The molecule has 0 aliphatic rings. The van der Waals surface area contributed by atoms with Gasteiger partial charge in [-0.1, -0.05) is 0 Å². The Morgan fingerprint density at radius 1 is 1.40 bits per heavy atom. The molecule has 0 rings (SSSR count). The molecule has 0 saturated carbocycles. The average molecular weight is 158 g/mol. The summed E-state index contributed by atoms with van der Waals surface area (Å²) in [4.78, 5) is 0. The Morgan fingerprint density at radius 3 is 2.00 bits per heavy atom. The van der Waals surface area contributed by atoms with Crippen molar-refractivity contribution in [3.8, 4) is 12.1 Å². The van der Waals surface area contributed by atoms with E-state index in [4.69, 9.17) is 15.1 Å². The van der Waals surface area contributed by atoms with Crippen LogP contribution in [0, 0.1) is 22.7 Å². The molecule has 1 atom stereocenters. The minimum Gasteiger partial charge on any atom is -0.306 e. The van der Waals surface area contributed by atoms with Gasteiger partial charge in [0.15, 0.2) is 11.1 Å². The first-order valence-electron chi connectivity index (χ1n) is 2.56. The molecule has 0 amide bonds. The molecule has 0 aromatic heterocycles. The highest BCUT2D eigenvalue weighted by molar-refractivity contribution is 7.79. The van der Waals surface area contributed by atoms with E-state index in [9.17, 15) is 4.21 Å². The summed E-state index contributed by atoms with van der Waals surface area (Å²) in [6, 6.07) is 3.46. The molecule has 0 spiro atoms. The third-order valence-corrected chi connectivity index (χ3v) is 1.83. The Labute approximate surface area is 61.4 Å². The SMILES string of the molecule is N#CCC(CC#N)S(=O)O. The number of nitrogens with zero attached hydrogens (tertiary/aromatic N) is 2. The van der Waals surface area contributed by atoms with Crippen molar-refractivity contribution in [2.75, 3.05) is 0 Å². The summed E-state index contributed by atoms with van der Waals surface area (Å²) in [5.41, 5.74) is 0. The highest BCUT2D eigenvalue weighted by atomic mass is 32.2. The lowest BCUT2D eigenvalue weighted by atomic mass is 10.2. The minimum absolute atomic E-state index is 0.0450. The van der Waals surface area contributed by atoms with E-state index in [0.29, 0.717) is 0 Å². The van der Waals surface area contributed by atoms with Gasteiger partial charge in [-0.25, -0.2) is 4.21 Å². The number of rotatable bonds is 3. The molecule has 10 heavy (non-hydrogen) atoms. The molecule has 0 aromatic rings. The molecule has 4 nitrogen and oxygen atoms in total. The van der Waals surface area contributed by atoms with E-state index in [1.807, 2.05) is 0 Å². The second kappa shape index (κ2) is 4.92. The van der Waals surface area contributed by atoms with Crippen LogP contribution < -0.4 is 0 Å². The van der Waals surface area contributed by atoms with Crippen LogP contribution in [0.4, 0.5) is 0 Å². The second-order valence-corrected chi connectivity index (χ2v) is 2.84. The second-order valence-electron chi connectivity index (χ2n) is 1.62. The summed E-state index contributed by atoms with van der Waals surface area (Å²) < 4.78 is 18.7. The van der Waals surface area contributed by atoms with Crippen LogP contribution in [0.25, 0.3) is 0 Å². The summed E-state index contributed by atoms with van der Waals surface area (Å²) >= 11 is -2.05. The molecule has 5 heteroatoms.